The van der Waals surface area contributed by atoms with Crippen LogP contribution in [-0.2, 0) is 0 Å². The zero-order chi connectivity index (χ0) is 11.8. The lowest BCUT2D eigenvalue weighted by Gasteiger charge is -2.45. The second kappa shape index (κ2) is 4.66. The first kappa shape index (κ1) is 12.4. The molecule has 0 radical (unpaired) electrons. The minimum absolute atomic E-state index is 0.307. The highest BCUT2D eigenvalue weighted by Crippen LogP contribution is 2.44. The van der Waals surface area contributed by atoms with Crippen LogP contribution < -0.4 is 5.73 Å². The lowest BCUT2D eigenvalue weighted by Crippen LogP contribution is -2.56. The quantitative estimate of drug-likeness (QED) is 0.795. The molecule has 2 nitrogen and oxygen atoms in total. The molecule has 2 rings (SSSR count). The maximum Gasteiger partial charge on any atom is 0.0331 e. The summed E-state index contributed by atoms with van der Waals surface area (Å²) < 4.78 is 0. The van der Waals surface area contributed by atoms with E-state index >= 15 is 0 Å². The second-order valence-electron chi connectivity index (χ2n) is 6.40. The molecule has 16 heavy (non-hydrogen) atoms. The van der Waals surface area contributed by atoms with Gasteiger partial charge in [0, 0.05) is 12.1 Å². The van der Waals surface area contributed by atoms with Crippen LogP contribution in [0.25, 0.3) is 0 Å². The number of rotatable bonds is 4. The van der Waals surface area contributed by atoms with E-state index in [4.69, 9.17) is 5.73 Å². The highest BCUT2D eigenvalue weighted by molar-refractivity contribution is 5.01. The van der Waals surface area contributed by atoms with Gasteiger partial charge in [0.05, 0.1) is 0 Å². The Hall–Kier alpha value is -0.0800. The predicted octanol–water partition coefficient (Wildman–Crippen LogP) is 2.48. The predicted molar refractivity (Wildman–Crippen MR) is 69.3 cm³/mol. The lowest BCUT2D eigenvalue weighted by atomic mass is 9.83. The van der Waals surface area contributed by atoms with Crippen LogP contribution in [0.4, 0.5) is 0 Å². The molecule has 0 bridgehead atoms. The minimum Gasteiger partial charge on any atom is -0.329 e. The van der Waals surface area contributed by atoms with Gasteiger partial charge in [-0.1, -0.05) is 13.8 Å². The van der Waals surface area contributed by atoms with Crippen molar-refractivity contribution >= 4 is 0 Å². The summed E-state index contributed by atoms with van der Waals surface area (Å²) >= 11 is 0. The molecule has 1 atom stereocenters. The second-order valence-corrected chi connectivity index (χ2v) is 6.40. The van der Waals surface area contributed by atoms with E-state index in [2.05, 4.69) is 25.7 Å². The monoisotopic (exact) mass is 224 g/mol. The molecule has 1 unspecified atom stereocenters. The molecule has 1 heterocycles. The van der Waals surface area contributed by atoms with Crippen molar-refractivity contribution in [2.45, 2.75) is 52.0 Å². The molecular formula is C14H28N2. The van der Waals surface area contributed by atoms with Crippen LogP contribution in [-0.4, -0.2) is 30.1 Å². The van der Waals surface area contributed by atoms with Gasteiger partial charge in [0.1, 0.15) is 0 Å². The van der Waals surface area contributed by atoms with Crippen LogP contribution in [0.5, 0.6) is 0 Å². The zero-order valence-corrected chi connectivity index (χ0v) is 11.2. The fourth-order valence-electron chi connectivity index (χ4n) is 3.34. The number of hydrogen-bond acceptors (Lipinski definition) is 2. The summed E-state index contributed by atoms with van der Waals surface area (Å²) in [6, 6.07) is 0. The summed E-state index contributed by atoms with van der Waals surface area (Å²) in [6.45, 7) is 10.5. The minimum atomic E-state index is 0.307. The first-order chi connectivity index (χ1) is 7.58. The van der Waals surface area contributed by atoms with Gasteiger partial charge in [-0.05, 0) is 63.5 Å². The highest BCUT2D eigenvalue weighted by atomic mass is 15.2. The number of hydrogen-bond donors (Lipinski definition) is 1. The SMILES string of the molecule is CC(C)C1CCN(C(C)(CN)C2CC2)CC1. The molecule has 2 N–H and O–H groups in total. The number of piperidine rings is 1. The van der Waals surface area contributed by atoms with Gasteiger partial charge in [0.2, 0.25) is 0 Å². The van der Waals surface area contributed by atoms with Crippen LogP contribution >= 0.6 is 0 Å². The third-order valence-electron chi connectivity index (χ3n) is 5.07. The van der Waals surface area contributed by atoms with Crippen molar-refractivity contribution in [3.63, 3.8) is 0 Å². The van der Waals surface area contributed by atoms with Gasteiger partial charge in [0.25, 0.3) is 0 Å². The average Bonchev–Trinajstić information content (AvgIpc) is 3.12. The van der Waals surface area contributed by atoms with Crippen LogP contribution in [0.1, 0.15) is 46.5 Å². The third kappa shape index (κ3) is 2.28. The van der Waals surface area contributed by atoms with E-state index in [9.17, 15) is 0 Å². The van der Waals surface area contributed by atoms with E-state index < -0.39 is 0 Å². The Balaban J connectivity index is 1.92. The Labute approximate surface area is 101 Å². The summed E-state index contributed by atoms with van der Waals surface area (Å²) in [7, 11) is 0. The standard InChI is InChI=1S/C14H28N2/c1-11(2)12-6-8-16(9-7-12)14(3,10-15)13-4-5-13/h11-13H,4-10,15H2,1-3H3. The Morgan fingerprint density at radius 3 is 2.12 bits per heavy atom. The Bertz CT molecular complexity index is 227. The van der Waals surface area contributed by atoms with E-state index in [1.807, 2.05) is 0 Å². The Morgan fingerprint density at radius 2 is 1.75 bits per heavy atom. The van der Waals surface area contributed by atoms with E-state index in [-0.39, 0.29) is 0 Å². The maximum absolute atomic E-state index is 6.03. The summed E-state index contributed by atoms with van der Waals surface area (Å²) in [5.74, 6) is 2.68. The number of nitrogens with zero attached hydrogens (tertiary/aromatic N) is 1. The van der Waals surface area contributed by atoms with Gasteiger partial charge in [-0.15, -0.1) is 0 Å². The molecule has 1 saturated carbocycles. The molecule has 94 valence electrons. The molecule has 1 aliphatic heterocycles. The molecule has 1 aliphatic carbocycles. The topological polar surface area (TPSA) is 29.3 Å². The number of likely N-dealkylation sites (tertiary alicyclic amines) is 1. The first-order valence-electron chi connectivity index (χ1n) is 7.03. The largest absolute Gasteiger partial charge is 0.329 e. The molecule has 2 aliphatic rings. The van der Waals surface area contributed by atoms with Gasteiger partial charge in [-0.2, -0.15) is 0 Å². The van der Waals surface area contributed by atoms with Crippen LogP contribution in [0, 0.1) is 17.8 Å². The fourth-order valence-corrected chi connectivity index (χ4v) is 3.34. The van der Waals surface area contributed by atoms with Crippen molar-refractivity contribution in [2.24, 2.45) is 23.5 Å². The van der Waals surface area contributed by atoms with Crippen LogP contribution in [0.3, 0.4) is 0 Å². The number of nitrogens with two attached hydrogens (primary N) is 1. The molecule has 0 amide bonds. The van der Waals surface area contributed by atoms with Crippen LogP contribution in [0.2, 0.25) is 0 Å². The van der Waals surface area contributed by atoms with E-state index in [1.54, 1.807) is 0 Å². The molecule has 0 aromatic heterocycles. The third-order valence-corrected chi connectivity index (χ3v) is 5.07. The molecular weight excluding hydrogens is 196 g/mol. The van der Waals surface area contributed by atoms with Crippen molar-refractivity contribution in [1.82, 2.24) is 4.90 Å². The van der Waals surface area contributed by atoms with Crippen molar-refractivity contribution in [2.75, 3.05) is 19.6 Å². The van der Waals surface area contributed by atoms with Gasteiger partial charge in [-0.3, -0.25) is 4.90 Å². The van der Waals surface area contributed by atoms with Crippen molar-refractivity contribution in [3.05, 3.63) is 0 Å². The summed E-state index contributed by atoms with van der Waals surface area (Å²) in [5, 5.41) is 0. The molecule has 2 fully saturated rings. The van der Waals surface area contributed by atoms with Gasteiger partial charge in [-0.25, -0.2) is 0 Å². The lowest BCUT2D eigenvalue weighted by molar-refractivity contribution is 0.0428. The van der Waals surface area contributed by atoms with Gasteiger partial charge in [0.15, 0.2) is 0 Å². The van der Waals surface area contributed by atoms with Crippen molar-refractivity contribution < 1.29 is 0 Å². The van der Waals surface area contributed by atoms with E-state index in [0.29, 0.717) is 5.54 Å². The normalized spacial score (nSPS) is 28.3. The summed E-state index contributed by atoms with van der Waals surface area (Å²) in [5.41, 5.74) is 6.34. The van der Waals surface area contributed by atoms with Gasteiger partial charge < -0.3 is 5.73 Å². The smallest absolute Gasteiger partial charge is 0.0331 e. The van der Waals surface area contributed by atoms with Crippen LogP contribution in [0.15, 0.2) is 0 Å². The summed E-state index contributed by atoms with van der Waals surface area (Å²) in [6.07, 6.45) is 5.55. The molecule has 0 spiro atoms. The molecule has 0 aromatic carbocycles. The molecule has 0 aromatic rings. The van der Waals surface area contributed by atoms with E-state index in [1.165, 1.54) is 38.8 Å². The zero-order valence-electron chi connectivity index (χ0n) is 11.2. The summed E-state index contributed by atoms with van der Waals surface area (Å²) in [4.78, 5) is 2.68. The first-order valence-corrected chi connectivity index (χ1v) is 7.03. The van der Waals surface area contributed by atoms with Gasteiger partial charge >= 0.3 is 0 Å². The maximum atomic E-state index is 6.03. The molecule has 1 saturated heterocycles. The van der Waals surface area contributed by atoms with E-state index in [0.717, 1.165) is 24.3 Å². The highest BCUT2D eigenvalue weighted by Gasteiger charge is 2.45. The molecule has 2 heteroatoms. The van der Waals surface area contributed by atoms with Crippen molar-refractivity contribution in [3.8, 4) is 0 Å². The van der Waals surface area contributed by atoms with Crippen molar-refractivity contribution in [1.29, 1.82) is 0 Å². The average molecular weight is 224 g/mol. The Morgan fingerprint density at radius 1 is 1.19 bits per heavy atom. The fraction of sp³-hybridized carbons (Fsp3) is 1.00. The Kier molecular flexibility index (Phi) is 3.60.